The van der Waals surface area contributed by atoms with Crippen LogP contribution < -0.4 is 0 Å². The molecule has 0 aliphatic heterocycles. The maximum atomic E-state index is 7.04. The summed E-state index contributed by atoms with van der Waals surface area (Å²) < 4.78 is 13.0. The van der Waals surface area contributed by atoms with Crippen LogP contribution in [0, 0.1) is 52.3 Å². The SMILES string of the molecule is CC(=NCC[C@@H](C)[C@H]1CC[C@H]2[C@@H]3C(O[Si](C)(C)C)=C[C@@H]4C[C@H](C)CC[C@]4(C)[C@H]3CC[C@]12C)OCc1ccccc1. The van der Waals surface area contributed by atoms with Gasteiger partial charge in [0.1, 0.15) is 6.61 Å². The summed E-state index contributed by atoms with van der Waals surface area (Å²) in [5.41, 5.74) is 2.07. The van der Waals surface area contributed by atoms with E-state index in [1.807, 2.05) is 13.0 Å². The number of fused-ring (bicyclic) bond motifs is 5. The van der Waals surface area contributed by atoms with Crippen molar-refractivity contribution in [2.45, 2.75) is 112 Å². The van der Waals surface area contributed by atoms with Crippen molar-refractivity contribution in [3.63, 3.8) is 0 Å². The molecule has 4 aliphatic rings. The Morgan fingerprint density at radius 3 is 2.42 bits per heavy atom. The third-order valence-electron chi connectivity index (χ3n) is 11.9. The summed E-state index contributed by atoms with van der Waals surface area (Å²) in [4.78, 5) is 4.83. The summed E-state index contributed by atoms with van der Waals surface area (Å²) in [7, 11) is -1.68. The number of hydrogen-bond acceptors (Lipinski definition) is 3. The van der Waals surface area contributed by atoms with Crippen molar-refractivity contribution in [2.24, 2.45) is 57.2 Å². The highest BCUT2D eigenvalue weighted by Gasteiger charge is 2.61. The minimum Gasteiger partial charge on any atom is -0.547 e. The van der Waals surface area contributed by atoms with Gasteiger partial charge >= 0.3 is 0 Å². The van der Waals surface area contributed by atoms with Crippen molar-refractivity contribution in [3.05, 3.63) is 47.7 Å². The van der Waals surface area contributed by atoms with E-state index in [-0.39, 0.29) is 0 Å². The molecular formula is C36H57NO2Si. The standard InChI is InChI=1S/C36H57NO2Si/c1-25-16-19-35(4)29(22-25)23-33(39-40(6,7)8)34-31-15-14-30(36(31,5)20-17-32(34)35)26(2)18-21-37-27(3)38-24-28-12-10-9-11-13-28/h9-13,23,25-26,29-32,34H,14-22,24H2,1-8H3/t25-,26-,29+,30-,31+,32+,34+,35+,36-/m1/s1. The van der Waals surface area contributed by atoms with Crippen LogP contribution in [0.15, 0.2) is 47.2 Å². The molecule has 0 spiro atoms. The molecule has 3 nitrogen and oxygen atoms in total. The first kappa shape index (κ1) is 29.9. The van der Waals surface area contributed by atoms with Gasteiger partial charge in [-0.1, -0.05) is 64.4 Å². The number of benzene rings is 1. The maximum Gasteiger partial charge on any atom is 0.241 e. The number of nitrogens with zero attached hydrogens (tertiary/aromatic N) is 1. The van der Waals surface area contributed by atoms with Crippen molar-refractivity contribution < 1.29 is 9.16 Å². The van der Waals surface area contributed by atoms with Crippen LogP contribution in [0.1, 0.15) is 91.5 Å². The van der Waals surface area contributed by atoms with Crippen molar-refractivity contribution in [3.8, 4) is 0 Å². The molecule has 0 radical (unpaired) electrons. The first-order chi connectivity index (χ1) is 18.9. The van der Waals surface area contributed by atoms with Crippen LogP contribution in [-0.4, -0.2) is 20.8 Å². The number of hydrogen-bond donors (Lipinski definition) is 0. The lowest BCUT2D eigenvalue weighted by Crippen LogP contribution is -2.54. The van der Waals surface area contributed by atoms with Gasteiger partial charge in [0.15, 0.2) is 5.90 Å². The number of allylic oxidation sites excluding steroid dienone is 2. The zero-order valence-electron chi connectivity index (χ0n) is 26.8. The van der Waals surface area contributed by atoms with E-state index in [2.05, 4.69) is 77.7 Å². The summed E-state index contributed by atoms with van der Waals surface area (Å²) in [6.07, 6.45) is 13.5. The highest BCUT2D eigenvalue weighted by Crippen LogP contribution is 2.68. The molecule has 4 aliphatic carbocycles. The zero-order valence-corrected chi connectivity index (χ0v) is 27.8. The Hall–Kier alpha value is -1.55. The molecule has 0 heterocycles. The molecule has 0 N–H and O–H groups in total. The van der Waals surface area contributed by atoms with E-state index >= 15 is 0 Å². The lowest BCUT2D eigenvalue weighted by atomic mass is 9.45. The molecule has 0 unspecified atom stereocenters. The summed E-state index contributed by atoms with van der Waals surface area (Å²) in [6, 6.07) is 10.4. The van der Waals surface area contributed by atoms with E-state index in [1.54, 1.807) is 0 Å². The Balaban J connectivity index is 1.28. The van der Waals surface area contributed by atoms with Gasteiger partial charge in [0.05, 0.1) is 5.76 Å². The van der Waals surface area contributed by atoms with E-state index in [0.29, 0.717) is 35.2 Å². The average Bonchev–Trinajstić information content (AvgIpc) is 3.25. The normalized spacial score (nSPS) is 38.5. The van der Waals surface area contributed by atoms with E-state index < -0.39 is 8.32 Å². The fourth-order valence-corrected chi connectivity index (χ4v) is 10.6. The number of rotatable bonds is 8. The van der Waals surface area contributed by atoms with Crippen LogP contribution in [0.3, 0.4) is 0 Å². The van der Waals surface area contributed by atoms with Crippen LogP contribution in [0.5, 0.6) is 0 Å². The number of aliphatic imine (C=N–C) groups is 1. The molecule has 0 amide bonds. The van der Waals surface area contributed by atoms with E-state index in [9.17, 15) is 0 Å². The molecule has 0 saturated heterocycles. The second-order valence-corrected chi connectivity index (χ2v) is 20.1. The zero-order chi connectivity index (χ0) is 28.7. The molecular weight excluding hydrogens is 506 g/mol. The highest BCUT2D eigenvalue weighted by molar-refractivity contribution is 6.70. The first-order valence-electron chi connectivity index (χ1n) is 16.5. The van der Waals surface area contributed by atoms with Gasteiger partial charge in [-0.2, -0.15) is 0 Å². The Kier molecular flexibility index (Phi) is 8.69. The third-order valence-corrected chi connectivity index (χ3v) is 12.7. The Morgan fingerprint density at radius 1 is 1.00 bits per heavy atom. The molecule has 3 fully saturated rings. The molecule has 0 bridgehead atoms. The largest absolute Gasteiger partial charge is 0.547 e. The average molecular weight is 564 g/mol. The molecule has 1 aromatic carbocycles. The smallest absolute Gasteiger partial charge is 0.241 e. The van der Waals surface area contributed by atoms with E-state index in [4.69, 9.17) is 14.2 Å². The fraction of sp³-hybridized carbons (Fsp3) is 0.750. The molecule has 40 heavy (non-hydrogen) atoms. The van der Waals surface area contributed by atoms with Crippen LogP contribution in [0.25, 0.3) is 0 Å². The molecule has 4 heteroatoms. The van der Waals surface area contributed by atoms with Crippen LogP contribution in [0.2, 0.25) is 19.6 Å². The van der Waals surface area contributed by atoms with Gasteiger partial charge < -0.3 is 9.16 Å². The molecule has 0 aromatic heterocycles. The lowest BCUT2D eigenvalue weighted by molar-refractivity contribution is -0.0871. The highest BCUT2D eigenvalue weighted by atomic mass is 28.4. The second-order valence-electron chi connectivity index (χ2n) is 15.7. The quantitative estimate of drug-likeness (QED) is 0.179. The summed E-state index contributed by atoms with van der Waals surface area (Å²) in [5, 5.41) is 0. The van der Waals surface area contributed by atoms with Crippen molar-refractivity contribution in [2.75, 3.05) is 6.54 Å². The van der Waals surface area contributed by atoms with E-state index in [0.717, 1.165) is 42.5 Å². The van der Waals surface area contributed by atoms with Crippen LogP contribution in [0.4, 0.5) is 0 Å². The predicted molar refractivity (Wildman–Crippen MR) is 171 cm³/mol. The lowest BCUT2D eigenvalue weighted by Gasteiger charge is -2.60. The molecule has 9 atom stereocenters. The maximum absolute atomic E-state index is 7.04. The van der Waals surface area contributed by atoms with Crippen molar-refractivity contribution >= 4 is 14.2 Å². The summed E-state index contributed by atoms with van der Waals surface area (Å²) >= 11 is 0. The third kappa shape index (κ3) is 5.99. The molecule has 222 valence electrons. The van der Waals surface area contributed by atoms with Gasteiger partial charge in [0.2, 0.25) is 8.32 Å². The Labute approximate surface area is 246 Å². The minimum atomic E-state index is -1.68. The second kappa shape index (κ2) is 11.6. The minimum absolute atomic E-state index is 0.413. The van der Waals surface area contributed by atoms with Crippen molar-refractivity contribution in [1.29, 1.82) is 0 Å². The Morgan fingerprint density at radius 2 is 1.70 bits per heavy atom. The van der Waals surface area contributed by atoms with Gasteiger partial charge in [-0.3, -0.25) is 4.99 Å². The topological polar surface area (TPSA) is 30.8 Å². The molecule has 3 saturated carbocycles. The summed E-state index contributed by atoms with van der Waals surface area (Å²) in [5.74, 6) is 7.45. The Bertz CT molecular complexity index is 1080. The molecule has 5 rings (SSSR count). The van der Waals surface area contributed by atoms with Crippen molar-refractivity contribution in [1.82, 2.24) is 0 Å². The molecule has 1 aromatic rings. The van der Waals surface area contributed by atoms with Gasteiger partial charge in [0.25, 0.3) is 0 Å². The van der Waals surface area contributed by atoms with Gasteiger partial charge in [0, 0.05) is 19.4 Å². The fourth-order valence-electron chi connectivity index (χ4n) is 9.73. The van der Waals surface area contributed by atoms with Gasteiger partial charge in [-0.05, 0) is 123 Å². The van der Waals surface area contributed by atoms with Crippen LogP contribution >= 0.6 is 0 Å². The number of ether oxygens (including phenoxy) is 1. The monoisotopic (exact) mass is 563 g/mol. The first-order valence-corrected chi connectivity index (χ1v) is 19.9. The summed E-state index contributed by atoms with van der Waals surface area (Å²) in [6.45, 7) is 20.9. The van der Waals surface area contributed by atoms with Gasteiger partial charge in [-0.25, -0.2) is 0 Å². The van der Waals surface area contributed by atoms with Crippen LogP contribution in [-0.2, 0) is 15.8 Å². The predicted octanol–water partition coefficient (Wildman–Crippen LogP) is 9.90. The van der Waals surface area contributed by atoms with Gasteiger partial charge in [-0.15, -0.1) is 0 Å². The van der Waals surface area contributed by atoms with E-state index in [1.165, 1.54) is 56.3 Å².